The summed E-state index contributed by atoms with van der Waals surface area (Å²) in [6, 6.07) is 0. The number of hydrogen-bond acceptors (Lipinski definition) is 5. The van der Waals surface area contributed by atoms with Gasteiger partial charge in [-0.15, -0.1) is 0 Å². The summed E-state index contributed by atoms with van der Waals surface area (Å²) in [6.45, 7) is 0.655. The van der Waals surface area contributed by atoms with Gasteiger partial charge in [-0.25, -0.2) is 17.6 Å². The zero-order chi connectivity index (χ0) is 22.4. The van der Waals surface area contributed by atoms with Gasteiger partial charge in [-0.3, -0.25) is 14.2 Å². The molecule has 4 N–H and O–H groups in total. The fourth-order valence-corrected chi connectivity index (χ4v) is 3.55. The molecule has 0 bridgehead atoms. The van der Waals surface area contributed by atoms with E-state index in [-0.39, 0.29) is 25.4 Å². The van der Waals surface area contributed by atoms with Crippen molar-refractivity contribution >= 4 is 25.8 Å². The van der Waals surface area contributed by atoms with E-state index in [1.807, 2.05) is 0 Å². The number of amides is 2. The summed E-state index contributed by atoms with van der Waals surface area (Å²) < 4.78 is 69.7. The molecule has 13 heteroatoms. The minimum absolute atomic E-state index is 0.0239. The zero-order valence-corrected chi connectivity index (χ0v) is 16.9. The molecular weight excluding hydrogens is 433 g/mol. The highest BCUT2D eigenvalue weighted by molar-refractivity contribution is 7.32. The summed E-state index contributed by atoms with van der Waals surface area (Å²) in [5.74, 6) is -8.86. The molecule has 0 saturated carbocycles. The number of carbonyl (C=O) groups excluding carboxylic acids is 2. The van der Waals surface area contributed by atoms with Crippen molar-refractivity contribution in [3.05, 3.63) is 28.8 Å². The third-order valence-electron chi connectivity index (χ3n) is 4.64. The number of anilines is 1. The van der Waals surface area contributed by atoms with Gasteiger partial charge >= 0.3 is 8.25 Å². The normalized spacial score (nSPS) is 17.2. The number of rotatable bonds is 9. The second kappa shape index (κ2) is 10.7. The molecule has 1 saturated heterocycles. The molecule has 1 unspecified atom stereocenters. The lowest BCUT2D eigenvalue weighted by atomic mass is 10.1. The monoisotopic (exact) mass is 455 g/mol. The van der Waals surface area contributed by atoms with Crippen LogP contribution >= 0.6 is 8.25 Å². The van der Waals surface area contributed by atoms with Crippen molar-refractivity contribution in [3.8, 4) is 0 Å². The number of likely N-dealkylation sites (tertiary alicyclic amines) is 1. The molecule has 30 heavy (non-hydrogen) atoms. The largest absolute Gasteiger partial charge is 0.394 e. The molecule has 1 aliphatic rings. The van der Waals surface area contributed by atoms with Crippen LogP contribution in [0.3, 0.4) is 0 Å². The first-order chi connectivity index (χ1) is 14.1. The van der Waals surface area contributed by atoms with E-state index in [9.17, 15) is 31.7 Å². The van der Waals surface area contributed by atoms with Gasteiger partial charge in [-0.05, 0) is 19.3 Å². The molecular formula is C17H22F4N3O5P. The smallest absolute Gasteiger partial charge is 0.316 e. The summed E-state index contributed by atoms with van der Waals surface area (Å²) >= 11 is 0. The van der Waals surface area contributed by atoms with Gasteiger partial charge in [0, 0.05) is 26.1 Å². The predicted molar refractivity (Wildman–Crippen MR) is 98.8 cm³/mol. The van der Waals surface area contributed by atoms with Gasteiger partial charge in [-0.2, -0.15) is 0 Å². The number of nitrogen functional groups attached to an aromatic ring is 1. The highest BCUT2D eigenvalue weighted by Crippen LogP contribution is 2.26. The quantitative estimate of drug-likeness (QED) is 0.172. The van der Waals surface area contributed by atoms with Crippen LogP contribution in [0.4, 0.5) is 23.2 Å². The van der Waals surface area contributed by atoms with E-state index in [1.54, 1.807) is 0 Å². The number of nitrogens with two attached hydrogens (primary N) is 1. The van der Waals surface area contributed by atoms with Crippen LogP contribution in [0.1, 0.15) is 42.5 Å². The summed E-state index contributed by atoms with van der Waals surface area (Å²) in [4.78, 5) is 34.2. The molecule has 8 nitrogen and oxygen atoms in total. The van der Waals surface area contributed by atoms with Gasteiger partial charge in [0.05, 0.1) is 6.10 Å². The van der Waals surface area contributed by atoms with Crippen molar-refractivity contribution in [1.82, 2.24) is 10.2 Å². The van der Waals surface area contributed by atoms with Gasteiger partial charge in [0.15, 0.2) is 23.3 Å². The first-order valence-electron chi connectivity index (χ1n) is 9.20. The van der Waals surface area contributed by atoms with Crippen LogP contribution in [0, 0.1) is 23.3 Å². The Morgan fingerprint density at radius 2 is 1.77 bits per heavy atom. The predicted octanol–water partition coefficient (Wildman–Crippen LogP) is 2.11. The standard InChI is InChI=1S/C17H22F4N3O5P/c18-12-11(13(19)15(21)16(22)14(12)20)17(26)23-6-3-1-2-4-10(25)24-7-5-9(8-24)29-30(27)28/h9,30H,1-8,22H2,(H,23,26)(H,27,28)/t9-/m1/s1. The van der Waals surface area contributed by atoms with Crippen molar-refractivity contribution in [2.45, 2.75) is 38.2 Å². The molecule has 0 spiro atoms. The Bertz CT molecular complexity index is 813. The van der Waals surface area contributed by atoms with E-state index in [1.165, 1.54) is 4.90 Å². The molecule has 2 atom stereocenters. The Hall–Kier alpha value is -2.17. The maximum absolute atomic E-state index is 13.7. The van der Waals surface area contributed by atoms with E-state index >= 15 is 0 Å². The number of unbranched alkanes of at least 4 members (excludes halogenated alkanes) is 2. The van der Waals surface area contributed by atoms with E-state index in [0.29, 0.717) is 32.2 Å². The third-order valence-corrected chi connectivity index (χ3v) is 5.18. The van der Waals surface area contributed by atoms with Crippen molar-refractivity contribution in [3.63, 3.8) is 0 Å². The van der Waals surface area contributed by atoms with E-state index in [2.05, 4.69) is 5.32 Å². The Kier molecular flexibility index (Phi) is 8.63. The maximum Gasteiger partial charge on any atom is 0.316 e. The summed E-state index contributed by atoms with van der Waals surface area (Å²) in [6.07, 6.45) is 1.58. The summed E-state index contributed by atoms with van der Waals surface area (Å²) in [5.41, 5.74) is 2.16. The van der Waals surface area contributed by atoms with Crippen LogP contribution < -0.4 is 11.1 Å². The lowest BCUT2D eigenvalue weighted by Crippen LogP contribution is -2.29. The van der Waals surface area contributed by atoms with E-state index in [4.69, 9.17) is 15.2 Å². The van der Waals surface area contributed by atoms with Gasteiger partial charge in [0.1, 0.15) is 11.3 Å². The molecule has 2 rings (SSSR count). The number of hydrogen-bond donors (Lipinski definition) is 3. The number of nitrogens with zero attached hydrogens (tertiary/aromatic N) is 1. The molecule has 2 amide bonds. The van der Waals surface area contributed by atoms with Crippen LogP contribution in [0.2, 0.25) is 0 Å². The lowest BCUT2D eigenvalue weighted by molar-refractivity contribution is -0.130. The topological polar surface area (TPSA) is 122 Å². The SMILES string of the molecule is Nc1c(F)c(F)c(C(=O)NCCCCCC(=O)N2CC[C@@H](O[PH](=O)O)C2)c(F)c1F. The summed E-state index contributed by atoms with van der Waals surface area (Å²) in [7, 11) is -3.05. The Balaban J connectivity index is 1.71. The molecule has 0 aromatic heterocycles. The Morgan fingerprint density at radius 1 is 1.13 bits per heavy atom. The van der Waals surface area contributed by atoms with Gasteiger partial charge in [0.25, 0.3) is 5.91 Å². The van der Waals surface area contributed by atoms with Crippen LogP contribution in [0.5, 0.6) is 0 Å². The maximum atomic E-state index is 13.7. The second-order valence-corrected chi connectivity index (χ2v) is 7.51. The van der Waals surface area contributed by atoms with Crippen molar-refractivity contribution in [2.75, 3.05) is 25.4 Å². The average molecular weight is 455 g/mol. The number of halogens is 4. The minimum Gasteiger partial charge on any atom is -0.394 e. The van der Waals surface area contributed by atoms with Crippen LogP contribution in [0.15, 0.2) is 0 Å². The van der Waals surface area contributed by atoms with Crippen LogP contribution in [0.25, 0.3) is 0 Å². The average Bonchev–Trinajstić information content (AvgIpc) is 3.15. The van der Waals surface area contributed by atoms with Gasteiger partial charge in [-0.1, -0.05) is 6.42 Å². The molecule has 1 aromatic carbocycles. The molecule has 1 aliphatic heterocycles. The number of benzene rings is 1. The fourth-order valence-electron chi connectivity index (χ4n) is 3.07. The van der Waals surface area contributed by atoms with E-state index in [0.717, 1.165) is 0 Å². The molecule has 1 heterocycles. The fraction of sp³-hybridized carbons (Fsp3) is 0.529. The molecule has 0 aliphatic carbocycles. The molecule has 1 fully saturated rings. The second-order valence-electron chi connectivity index (χ2n) is 6.75. The molecule has 0 radical (unpaired) electrons. The molecule has 168 valence electrons. The minimum atomic E-state index is -3.05. The van der Waals surface area contributed by atoms with Crippen molar-refractivity contribution in [2.24, 2.45) is 0 Å². The highest BCUT2D eigenvalue weighted by atomic mass is 31.1. The number of nitrogens with one attached hydrogen (secondary N) is 1. The Morgan fingerprint density at radius 3 is 2.37 bits per heavy atom. The highest BCUT2D eigenvalue weighted by Gasteiger charge is 2.28. The lowest BCUT2D eigenvalue weighted by Gasteiger charge is -2.16. The third kappa shape index (κ3) is 5.93. The van der Waals surface area contributed by atoms with Crippen molar-refractivity contribution < 1.29 is 41.1 Å². The first-order valence-corrected chi connectivity index (χ1v) is 10.5. The van der Waals surface area contributed by atoms with Crippen LogP contribution in [-0.2, 0) is 13.9 Å². The summed E-state index contributed by atoms with van der Waals surface area (Å²) in [5, 5.41) is 2.17. The Labute approximate surface area is 170 Å². The van der Waals surface area contributed by atoms with E-state index < -0.39 is 54.8 Å². The van der Waals surface area contributed by atoms with Crippen molar-refractivity contribution in [1.29, 1.82) is 0 Å². The van der Waals surface area contributed by atoms with Gasteiger partial charge in [0.2, 0.25) is 5.91 Å². The van der Waals surface area contributed by atoms with Gasteiger partial charge < -0.3 is 25.4 Å². The number of carbonyl (C=O) groups is 2. The first kappa shape index (κ1) is 24.1. The van der Waals surface area contributed by atoms with Crippen LogP contribution in [-0.4, -0.2) is 47.3 Å². The molecule has 1 aromatic rings. The zero-order valence-electron chi connectivity index (χ0n) is 15.9.